The minimum Gasteiger partial charge on any atom is -0.399 e. The normalized spacial score (nSPS) is 13.1. The van der Waals surface area contributed by atoms with Crippen LogP contribution in [0.25, 0.3) is 0 Å². The number of nitrogen functional groups attached to an aromatic ring is 1. The van der Waals surface area contributed by atoms with E-state index in [9.17, 15) is 8.42 Å². The van der Waals surface area contributed by atoms with Gasteiger partial charge in [-0.3, -0.25) is 0 Å². The number of hydrogen-bond acceptors (Lipinski definition) is 3. The van der Waals surface area contributed by atoms with E-state index in [0.717, 1.165) is 5.56 Å². The van der Waals surface area contributed by atoms with Crippen molar-refractivity contribution in [2.75, 3.05) is 12.3 Å². The highest BCUT2D eigenvalue weighted by atomic mass is 32.2. The van der Waals surface area contributed by atoms with Crippen LogP contribution in [0.3, 0.4) is 0 Å². The first-order valence-electron chi connectivity index (χ1n) is 6.39. The van der Waals surface area contributed by atoms with Gasteiger partial charge in [0.25, 0.3) is 0 Å². The molecule has 1 atom stereocenters. The second-order valence-corrected chi connectivity index (χ2v) is 6.50. The first-order chi connectivity index (χ1) is 9.49. The zero-order chi connectivity index (χ0) is 14.6. The maximum Gasteiger partial charge on any atom is 0.240 e. The minimum atomic E-state index is -3.49. The highest BCUT2D eigenvalue weighted by Crippen LogP contribution is 2.16. The molecule has 0 heterocycles. The molecule has 20 heavy (non-hydrogen) atoms. The predicted octanol–water partition coefficient (Wildman–Crippen LogP) is 2.35. The lowest BCUT2D eigenvalue weighted by Crippen LogP contribution is -2.27. The molecule has 0 saturated carbocycles. The fourth-order valence-electron chi connectivity index (χ4n) is 1.86. The Bertz CT molecular complexity index is 652. The Hall–Kier alpha value is -1.85. The Morgan fingerprint density at radius 2 is 1.65 bits per heavy atom. The minimum absolute atomic E-state index is 0.111. The molecule has 2 aromatic carbocycles. The number of anilines is 1. The standard InChI is InChI=1S/C15H18N2O2S/c1-12(13-5-3-2-4-6-13)11-17-20(18,19)15-9-7-14(16)8-10-15/h2-10,12,17H,11,16H2,1H3. The van der Waals surface area contributed by atoms with Crippen molar-refractivity contribution in [3.8, 4) is 0 Å². The fraction of sp³-hybridized carbons (Fsp3) is 0.200. The zero-order valence-corrected chi connectivity index (χ0v) is 12.1. The first-order valence-corrected chi connectivity index (χ1v) is 7.87. The SMILES string of the molecule is CC(CNS(=O)(=O)c1ccc(N)cc1)c1ccccc1. The highest BCUT2D eigenvalue weighted by Gasteiger charge is 2.15. The topological polar surface area (TPSA) is 72.2 Å². The van der Waals surface area contributed by atoms with Gasteiger partial charge in [-0.2, -0.15) is 0 Å². The number of nitrogens with one attached hydrogen (secondary N) is 1. The molecule has 0 aliphatic heterocycles. The number of benzene rings is 2. The molecule has 4 nitrogen and oxygen atoms in total. The van der Waals surface area contributed by atoms with Crippen LogP contribution >= 0.6 is 0 Å². The van der Waals surface area contributed by atoms with Crippen molar-refractivity contribution >= 4 is 15.7 Å². The van der Waals surface area contributed by atoms with Crippen LogP contribution in [0.2, 0.25) is 0 Å². The molecule has 0 aliphatic rings. The lowest BCUT2D eigenvalue weighted by Gasteiger charge is -2.13. The number of nitrogens with two attached hydrogens (primary N) is 1. The van der Waals surface area contributed by atoms with Crippen LogP contribution < -0.4 is 10.5 Å². The van der Waals surface area contributed by atoms with Gasteiger partial charge in [0.15, 0.2) is 0 Å². The molecule has 2 rings (SSSR count). The maximum atomic E-state index is 12.1. The molecule has 0 radical (unpaired) electrons. The first kappa shape index (κ1) is 14.6. The Morgan fingerprint density at radius 3 is 2.25 bits per heavy atom. The number of hydrogen-bond donors (Lipinski definition) is 2. The lowest BCUT2D eigenvalue weighted by molar-refractivity contribution is 0.575. The Labute approximate surface area is 119 Å². The molecule has 106 valence electrons. The summed E-state index contributed by atoms with van der Waals surface area (Å²) in [5, 5.41) is 0. The van der Waals surface area contributed by atoms with Gasteiger partial charge in [0.05, 0.1) is 4.90 Å². The smallest absolute Gasteiger partial charge is 0.240 e. The van der Waals surface area contributed by atoms with E-state index in [2.05, 4.69) is 4.72 Å². The van der Waals surface area contributed by atoms with Crippen molar-refractivity contribution in [1.29, 1.82) is 0 Å². The second kappa shape index (κ2) is 6.07. The van der Waals surface area contributed by atoms with Crippen molar-refractivity contribution < 1.29 is 8.42 Å². The molecular weight excluding hydrogens is 272 g/mol. The van der Waals surface area contributed by atoms with E-state index in [1.807, 2.05) is 37.3 Å². The Balaban J connectivity index is 2.04. The Morgan fingerprint density at radius 1 is 1.05 bits per heavy atom. The summed E-state index contributed by atoms with van der Waals surface area (Å²) in [6, 6.07) is 16.0. The second-order valence-electron chi connectivity index (χ2n) is 4.73. The number of sulfonamides is 1. The summed E-state index contributed by atoms with van der Waals surface area (Å²) < 4.78 is 26.9. The molecule has 0 aromatic heterocycles. The average molecular weight is 290 g/mol. The quantitative estimate of drug-likeness (QED) is 0.830. The van der Waals surface area contributed by atoms with Gasteiger partial charge in [-0.25, -0.2) is 13.1 Å². The Kier molecular flexibility index (Phi) is 4.42. The third kappa shape index (κ3) is 3.59. The molecule has 3 N–H and O–H groups in total. The van der Waals surface area contributed by atoms with Crippen molar-refractivity contribution in [3.05, 3.63) is 60.2 Å². The van der Waals surface area contributed by atoms with Crippen LogP contribution in [0, 0.1) is 0 Å². The average Bonchev–Trinajstić information content (AvgIpc) is 2.46. The van der Waals surface area contributed by atoms with Crippen LogP contribution in [-0.2, 0) is 10.0 Å². The fourth-order valence-corrected chi connectivity index (χ4v) is 2.99. The summed E-state index contributed by atoms with van der Waals surface area (Å²) in [6.45, 7) is 2.34. The van der Waals surface area contributed by atoms with Gasteiger partial charge < -0.3 is 5.73 Å². The molecule has 0 saturated heterocycles. The molecule has 0 spiro atoms. The summed E-state index contributed by atoms with van der Waals surface area (Å²) in [5.41, 5.74) is 7.20. The summed E-state index contributed by atoms with van der Waals surface area (Å²) in [4.78, 5) is 0.229. The molecule has 1 unspecified atom stereocenters. The highest BCUT2D eigenvalue weighted by molar-refractivity contribution is 7.89. The van der Waals surface area contributed by atoms with E-state index >= 15 is 0 Å². The zero-order valence-electron chi connectivity index (χ0n) is 11.3. The maximum absolute atomic E-state index is 12.1. The van der Waals surface area contributed by atoms with Gasteiger partial charge in [-0.1, -0.05) is 37.3 Å². The third-order valence-corrected chi connectivity index (χ3v) is 4.58. The molecule has 0 amide bonds. The van der Waals surface area contributed by atoms with E-state index < -0.39 is 10.0 Å². The van der Waals surface area contributed by atoms with Crippen LogP contribution in [0.4, 0.5) is 5.69 Å². The summed E-state index contributed by atoms with van der Waals surface area (Å²) in [6.07, 6.45) is 0. The summed E-state index contributed by atoms with van der Waals surface area (Å²) in [5.74, 6) is 0.111. The molecule has 0 aliphatic carbocycles. The van der Waals surface area contributed by atoms with E-state index in [1.54, 1.807) is 12.1 Å². The predicted molar refractivity (Wildman–Crippen MR) is 80.9 cm³/mol. The summed E-state index contributed by atoms with van der Waals surface area (Å²) in [7, 11) is -3.49. The molecule has 5 heteroatoms. The van der Waals surface area contributed by atoms with Crippen LogP contribution in [-0.4, -0.2) is 15.0 Å². The van der Waals surface area contributed by atoms with E-state index in [4.69, 9.17) is 5.73 Å². The van der Waals surface area contributed by atoms with Crippen molar-refractivity contribution in [2.45, 2.75) is 17.7 Å². The third-order valence-electron chi connectivity index (χ3n) is 3.14. The number of rotatable bonds is 5. The molecular formula is C15H18N2O2S. The van der Waals surface area contributed by atoms with Crippen molar-refractivity contribution in [1.82, 2.24) is 4.72 Å². The van der Waals surface area contributed by atoms with Gasteiger partial charge >= 0.3 is 0 Å². The molecule has 2 aromatic rings. The van der Waals surface area contributed by atoms with Gasteiger partial charge in [0.2, 0.25) is 10.0 Å². The van der Waals surface area contributed by atoms with Gasteiger partial charge in [0, 0.05) is 12.2 Å². The van der Waals surface area contributed by atoms with Gasteiger partial charge in [-0.05, 0) is 35.7 Å². The van der Waals surface area contributed by atoms with Crippen LogP contribution in [0.15, 0.2) is 59.5 Å². The van der Waals surface area contributed by atoms with Crippen molar-refractivity contribution in [2.24, 2.45) is 0 Å². The van der Waals surface area contributed by atoms with Crippen molar-refractivity contribution in [3.63, 3.8) is 0 Å². The van der Waals surface area contributed by atoms with Gasteiger partial charge in [-0.15, -0.1) is 0 Å². The molecule has 0 bridgehead atoms. The monoisotopic (exact) mass is 290 g/mol. The molecule has 0 fully saturated rings. The van der Waals surface area contributed by atoms with Gasteiger partial charge in [0.1, 0.15) is 0 Å². The van der Waals surface area contributed by atoms with E-state index in [1.165, 1.54) is 12.1 Å². The largest absolute Gasteiger partial charge is 0.399 e. The summed E-state index contributed by atoms with van der Waals surface area (Å²) >= 11 is 0. The van der Waals surface area contributed by atoms with Crippen LogP contribution in [0.1, 0.15) is 18.4 Å². The van der Waals surface area contributed by atoms with Crippen LogP contribution in [0.5, 0.6) is 0 Å². The van der Waals surface area contributed by atoms with E-state index in [-0.39, 0.29) is 10.8 Å². The van der Waals surface area contributed by atoms with E-state index in [0.29, 0.717) is 12.2 Å². The lowest BCUT2D eigenvalue weighted by atomic mass is 10.0.